The molecule has 1 aromatic carbocycles. The smallest absolute Gasteiger partial charge is 0.266 e. The van der Waals surface area contributed by atoms with Gasteiger partial charge in [0, 0.05) is 24.7 Å². The highest BCUT2D eigenvalue weighted by atomic mass is 16.5. The fourth-order valence-corrected chi connectivity index (χ4v) is 1.85. The van der Waals surface area contributed by atoms with E-state index in [-0.39, 0.29) is 5.56 Å². The molecular weight excluding hydrogens is 240 g/mol. The molecule has 0 saturated carbocycles. The van der Waals surface area contributed by atoms with E-state index in [4.69, 9.17) is 4.74 Å². The number of ether oxygens (including phenoxy) is 1. The predicted molar refractivity (Wildman–Crippen MR) is 75.7 cm³/mol. The Hall–Kier alpha value is -1.97. The Labute approximate surface area is 113 Å². The SMILES string of the molecule is CC(C)c1cc(=O)n(CCCOc2ccccc2)[nH]1. The molecule has 4 nitrogen and oxygen atoms in total. The molecule has 102 valence electrons. The van der Waals surface area contributed by atoms with Gasteiger partial charge in [-0.25, -0.2) is 0 Å². The second-order valence-corrected chi connectivity index (χ2v) is 4.87. The lowest BCUT2D eigenvalue weighted by Gasteiger charge is -2.06. The first-order valence-corrected chi connectivity index (χ1v) is 6.64. The number of para-hydroxylation sites is 1. The Bertz CT molecular complexity index is 555. The first-order chi connectivity index (χ1) is 9.16. The molecule has 0 radical (unpaired) electrons. The van der Waals surface area contributed by atoms with E-state index in [1.54, 1.807) is 10.7 Å². The minimum atomic E-state index is 0.0309. The molecule has 4 heteroatoms. The van der Waals surface area contributed by atoms with Crippen molar-refractivity contribution in [3.8, 4) is 5.75 Å². The van der Waals surface area contributed by atoms with Gasteiger partial charge in [0.25, 0.3) is 5.56 Å². The van der Waals surface area contributed by atoms with Gasteiger partial charge in [0.05, 0.1) is 6.61 Å². The summed E-state index contributed by atoms with van der Waals surface area (Å²) in [5.41, 5.74) is 1.01. The molecule has 0 aliphatic rings. The summed E-state index contributed by atoms with van der Waals surface area (Å²) < 4.78 is 7.24. The number of hydrogen-bond acceptors (Lipinski definition) is 2. The Morgan fingerprint density at radius 1 is 1.26 bits per heavy atom. The highest BCUT2D eigenvalue weighted by molar-refractivity contribution is 5.20. The molecule has 0 unspecified atom stereocenters. The molecule has 0 fully saturated rings. The number of benzene rings is 1. The minimum absolute atomic E-state index is 0.0309. The third kappa shape index (κ3) is 3.74. The first-order valence-electron chi connectivity index (χ1n) is 6.64. The fourth-order valence-electron chi connectivity index (χ4n) is 1.85. The minimum Gasteiger partial charge on any atom is -0.494 e. The first kappa shape index (κ1) is 13.5. The van der Waals surface area contributed by atoms with Crippen LogP contribution in [0.4, 0.5) is 0 Å². The molecule has 1 heterocycles. The third-order valence-corrected chi connectivity index (χ3v) is 2.97. The van der Waals surface area contributed by atoms with Gasteiger partial charge in [-0.05, 0) is 18.1 Å². The predicted octanol–water partition coefficient (Wildman–Crippen LogP) is 2.77. The van der Waals surface area contributed by atoms with Crippen LogP contribution in [0.3, 0.4) is 0 Å². The highest BCUT2D eigenvalue weighted by Crippen LogP contribution is 2.09. The number of rotatable bonds is 6. The Morgan fingerprint density at radius 3 is 2.63 bits per heavy atom. The molecule has 0 aliphatic carbocycles. The van der Waals surface area contributed by atoms with Crippen LogP contribution in [-0.2, 0) is 6.54 Å². The Morgan fingerprint density at radius 2 is 2.00 bits per heavy atom. The van der Waals surface area contributed by atoms with E-state index in [0.717, 1.165) is 17.9 Å². The van der Waals surface area contributed by atoms with Crippen molar-refractivity contribution in [3.05, 3.63) is 52.4 Å². The van der Waals surface area contributed by atoms with Crippen LogP contribution in [0, 0.1) is 0 Å². The Balaban J connectivity index is 1.81. The quantitative estimate of drug-likeness (QED) is 0.812. The normalized spacial score (nSPS) is 10.9. The zero-order valence-corrected chi connectivity index (χ0v) is 11.4. The van der Waals surface area contributed by atoms with Crippen molar-refractivity contribution < 1.29 is 4.74 Å². The molecule has 1 N–H and O–H groups in total. The van der Waals surface area contributed by atoms with Crippen LogP contribution in [-0.4, -0.2) is 16.4 Å². The van der Waals surface area contributed by atoms with Crippen molar-refractivity contribution in [2.45, 2.75) is 32.7 Å². The number of aromatic nitrogens is 2. The molecule has 0 amide bonds. The number of aryl methyl sites for hydroxylation is 1. The van der Waals surface area contributed by atoms with Crippen molar-refractivity contribution in [2.24, 2.45) is 0 Å². The average molecular weight is 260 g/mol. The largest absolute Gasteiger partial charge is 0.494 e. The second kappa shape index (κ2) is 6.27. The lowest BCUT2D eigenvalue weighted by atomic mass is 10.1. The standard InChI is InChI=1S/C15H20N2O2/c1-12(2)14-11-15(18)17(16-14)9-6-10-19-13-7-4-3-5-8-13/h3-5,7-8,11-12,16H,6,9-10H2,1-2H3. The molecule has 0 spiro atoms. The van der Waals surface area contributed by atoms with Crippen molar-refractivity contribution in [1.29, 1.82) is 0 Å². The van der Waals surface area contributed by atoms with Crippen LogP contribution in [0.2, 0.25) is 0 Å². The zero-order chi connectivity index (χ0) is 13.7. The van der Waals surface area contributed by atoms with Crippen molar-refractivity contribution in [2.75, 3.05) is 6.61 Å². The number of H-pyrrole nitrogens is 1. The molecule has 19 heavy (non-hydrogen) atoms. The molecule has 0 atom stereocenters. The van der Waals surface area contributed by atoms with Gasteiger partial charge in [-0.2, -0.15) is 0 Å². The maximum absolute atomic E-state index is 11.7. The van der Waals surface area contributed by atoms with Crippen LogP contribution < -0.4 is 10.3 Å². The van der Waals surface area contributed by atoms with E-state index in [9.17, 15) is 4.79 Å². The molecule has 1 aromatic heterocycles. The molecule has 0 aliphatic heterocycles. The van der Waals surface area contributed by atoms with E-state index in [1.807, 2.05) is 30.3 Å². The monoisotopic (exact) mass is 260 g/mol. The molecule has 0 bridgehead atoms. The Kier molecular flexibility index (Phi) is 4.44. The van der Waals surface area contributed by atoms with Gasteiger partial charge >= 0.3 is 0 Å². The van der Waals surface area contributed by atoms with E-state index < -0.39 is 0 Å². The third-order valence-electron chi connectivity index (χ3n) is 2.97. The van der Waals surface area contributed by atoms with Crippen LogP contribution in [0.1, 0.15) is 31.9 Å². The van der Waals surface area contributed by atoms with Crippen molar-refractivity contribution >= 4 is 0 Å². The lowest BCUT2D eigenvalue weighted by Crippen LogP contribution is -2.17. The highest BCUT2D eigenvalue weighted by Gasteiger charge is 2.05. The summed E-state index contributed by atoms with van der Waals surface area (Å²) in [6, 6.07) is 11.4. The molecule has 2 rings (SSSR count). The van der Waals surface area contributed by atoms with E-state index in [1.165, 1.54) is 0 Å². The summed E-state index contributed by atoms with van der Waals surface area (Å²) in [5.74, 6) is 1.21. The second-order valence-electron chi connectivity index (χ2n) is 4.87. The van der Waals surface area contributed by atoms with Crippen LogP contribution in [0.15, 0.2) is 41.2 Å². The number of nitrogens with one attached hydrogen (secondary N) is 1. The molecule has 2 aromatic rings. The van der Waals surface area contributed by atoms with Gasteiger partial charge < -0.3 is 4.74 Å². The summed E-state index contributed by atoms with van der Waals surface area (Å²) in [7, 11) is 0. The van der Waals surface area contributed by atoms with Gasteiger partial charge in [0.15, 0.2) is 0 Å². The number of nitrogens with zero attached hydrogens (tertiary/aromatic N) is 1. The molecular formula is C15H20N2O2. The van der Waals surface area contributed by atoms with E-state index >= 15 is 0 Å². The van der Waals surface area contributed by atoms with E-state index in [0.29, 0.717) is 19.1 Å². The number of hydrogen-bond donors (Lipinski definition) is 1. The van der Waals surface area contributed by atoms with Crippen molar-refractivity contribution in [1.82, 2.24) is 9.78 Å². The van der Waals surface area contributed by atoms with Gasteiger partial charge in [-0.3, -0.25) is 14.6 Å². The maximum Gasteiger partial charge on any atom is 0.266 e. The topological polar surface area (TPSA) is 47.0 Å². The van der Waals surface area contributed by atoms with Crippen LogP contribution in [0.5, 0.6) is 5.75 Å². The summed E-state index contributed by atoms with van der Waals surface area (Å²) in [4.78, 5) is 11.7. The van der Waals surface area contributed by atoms with Crippen molar-refractivity contribution in [3.63, 3.8) is 0 Å². The number of aromatic amines is 1. The summed E-state index contributed by atoms with van der Waals surface area (Å²) in [6.45, 7) is 5.38. The summed E-state index contributed by atoms with van der Waals surface area (Å²) >= 11 is 0. The van der Waals surface area contributed by atoms with Crippen LogP contribution >= 0.6 is 0 Å². The average Bonchev–Trinajstić information content (AvgIpc) is 2.78. The van der Waals surface area contributed by atoms with Gasteiger partial charge in [0.2, 0.25) is 0 Å². The lowest BCUT2D eigenvalue weighted by molar-refractivity contribution is 0.297. The van der Waals surface area contributed by atoms with Gasteiger partial charge in [-0.1, -0.05) is 32.0 Å². The summed E-state index contributed by atoms with van der Waals surface area (Å²) in [5, 5.41) is 3.13. The van der Waals surface area contributed by atoms with Gasteiger partial charge in [0.1, 0.15) is 5.75 Å². The fraction of sp³-hybridized carbons (Fsp3) is 0.400. The zero-order valence-electron chi connectivity index (χ0n) is 11.4. The summed E-state index contributed by atoms with van der Waals surface area (Å²) in [6.07, 6.45) is 0.798. The van der Waals surface area contributed by atoms with Gasteiger partial charge in [-0.15, -0.1) is 0 Å². The van der Waals surface area contributed by atoms with Crippen LogP contribution in [0.25, 0.3) is 0 Å². The van der Waals surface area contributed by atoms with E-state index in [2.05, 4.69) is 18.9 Å². The molecule has 0 saturated heterocycles. The maximum atomic E-state index is 11.7.